The van der Waals surface area contributed by atoms with Crippen LogP contribution in [0.25, 0.3) is 0 Å². The Labute approximate surface area is 106 Å². The average molecular weight is 303 g/mol. The molecule has 0 spiro atoms. The maximum Gasteiger partial charge on any atom is 0.321 e. The molecule has 0 fully saturated rings. The zero-order chi connectivity index (χ0) is 11.5. The molecule has 2 rings (SSSR count). The lowest BCUT2D eigenvalue weighted by molar-refractivity contribution is 0.425. The third-order valence-electron chi connectivity index (χ3n) is 1.97. The Hall–Kier alpha value is -1.07. The van der Waals surface area contributed by atoms with Crippen molar-refractivity contribution < 1.29 is 4.52 Å². The summed E-state index contributed by atoms with van der Waals surface area (Å²) in [5, 5.41) is 7.37. The van der Waals surface area contributed by atoms with E-state index in [0.717, 1.165) is 10.0 Å². The van der Waals surface area contributed by atoms with Crippen molar-refractivity contribution in [3.8, 4) is 0 Å². The van der Waals surface area contributed by atoms with E-state index in [-0.39, 0.29) is 0 Å². The molecule has 0 radical (unpaired) electrons. The van der Waals surface area contributed by atoms with Crippen LogP contribution in [-0.2, 0) is 6.54 Å². The highest BCUT2D eigenvalue weighted by Crippen LogP contribution is 2.21. The summed E-state index contributed by atoms with van der Waals surface area (Å²) >= 11 is 9.41. The second kappa shape index (κ2) is 4.84. The van der Waals surface area contributed by atoms with Crippen LogP contribution < -0.4 is 5.32 Å². The zero-order valence-corrected chi connectivity index (χ0v) is 10.8. The normalized spacial score (nSPS) is 10.4. The molecule has 0 atom stereocenters. The van der Waals surface area contributed by atoms with Gasteiger partial charge in [0.1, 0.15) is 0 Å². The summed E-state index contributed by atoms with van der Waals surface area (Å²) in [4.78, 5) is 4.03. The number of rotatable bonds is 3. The van der Waals surface area contributed by atoms with Crippen LogP contribution in [0.15, 0.2) is 27.2 Å². The molecule has 0 saturated heterocycles. The summed E-state index contributed by atoms with van der Waals surface area (Å²) in [6.45, 7) is 2.31. The molecule has 0 unspecified atom stereocenters. The summed E-state index contributed by atoms with van der Waals surface area (Å²) in [6, 6.07) is 6.11. The lowest BCUT2D eigenvalue weighted by atomic mass is 10.2. The number of nitrogens with zero attached hydrogens (tertiary/aromatic N) is 2. The van der Waals surface area contributed by atoms with Crippen molar-refractivity contribution in [1.82, 2.24) is 10.1 Å². The van der Waals surface area contributed by atoms with Gasteiger partial charge in [-0.25, -0.2) is 0 Å². The van der Waals surface area contributed by atoms with Crippen molar-refractivity contribution in [2.24, 2.45) is 0 Å². The van der Waals surface area contributed by atoms with Gasteiger partial charge in [0.2, 0.25) is 0 Å². The molecular formula is C10H9BrClN3O. The number of halogens is 2. The number of benzene rings is 1. The fraction of sp³-hybridized carbons (Fsp3) is 0.200. The third-order valence-corrected chi connectivity index (χ3v) is 2.82. The largest absolute Gasteiger partial charge is 0.334 e. The van der Waals surface area contributed by atoms with Crippen LogP contribution in [0.1, 0.15) is 11.4 Å². The molecule has 1 aromatic carbocycles. The molecule has 1 N–H and O–H groups in total. The van der Waals surface area contributed by atoms with E-state index in [1.165, 1.54) is 0 Å². The second-order valence-electron chi connectivity index (χ2n) is 3.24. The summed E-state index contributed by atoms with van der Waals surface area (Å²) in [7, 11) is 0. The minimum Gasteiger partial charge on any atom is -0.334 e. The molecule has 0 amide bonds. The topological polar surface area (TPSA) is 51.0 Å². The van der Waals surface area contributed by atoms with E-state index in [9.17, 15) is 0 Å². The first-order chi connectivity index (χ1) is 7.65. The Morgan fingerprint density at radius 2 is 2.31 bits per heavy atom. The highest BCUT2D eigenvalue weighted by Gasteiger charge is 2.04. The van der Waals surface area contributed by atoms with E-state index in [0.29, 0.717) is 23.4 Å². The highest BCUT2D eigenvalue weighted by molar-refractivity contribution is 9.10. The van der Waals surface area contributed by atoms with Gasteiger partial charge < -0.3 is 9.84 Å². The van der Waals surface area contributed by atoms with E-state index < -0.39 is 0 Å². The lowest BCUT2D eigenvalue weighted by Gasteiger charge is -2.04. The molecule has 6 heteroatoms. The van der Waals surface area contributed by atoms with Gasteiger partial charge in [0.15, 0.2) is 5.82 Å². The van der Waals surface area contributed by atoms with Crippen molar-refractivity contribution in [3.05, 3.63) is 39.1 Å². The summed E-state index contributed by atoms with van der Waals surface area (Å²) in [6.07, 6.45) is 0. The van der Waals surface area contributed by atoms with E-state index in [4.69, 9.17) is 16.1 Å². The van der Waals surface area contributed by atoms with Gasteiger partial charge in [0, 0.05) is 16.0 Å². The Kier molecular flexibility index (Phi) is 3.46. The SMILES string of the molecule is Cc1noc(NCc2ccc(Br)cc2Cl)n1. The first-order valence-corrected chi connectivity index (χ1v) is 5.80. The van der Waals surface area contributed by atoms with Gasteiger partial charge in [-0.15, -0.1) is 0 Å². The predicted octanol–water partition coefficient (Wildman–Crippen LogP) is 3.41. The number of hydrogen-bond acceptors (Lipinski definition) is 4. The average Bonchev–Trinajstić information content (AvgIpc) is 2.63. The van der Waals surface area contributed by atoms with Gasteiger partial charge in [-0.2, -0.15) is 4.98 Å². The molecule has 0 saturated carbocycles. The molecule has 2 aromatic rings. The molecule has 16 heavy (non-hydrogen) atoms. The maximum atomic E-state index is 6.06. The number of hydrogen-bond donors (Lipinski definition) is 1. The smallest absolute Gasteiger partial charge is 0.321 e. The standard InChI is InChI=1S/C10H9BrClN3O/c1-6-14-10(16-15-6)13-5-7-2-3-8(11)4-9(7)12/h2-4H,5H2,1H3,(H,13,14,15). The molecule has 0 bridgehead atoms. The summed E-state index contributed by atoms with van der Waals surface area (Å²) < 4.78 is 5.88. The Bertz CT molecular complexity index is 501. The monoisotopic (exact) mass is 301 g/mol. The quantitative estimate of drug-likeness (QED) is 0.944. The predicted molar refractivity (Wildman–Crippen MR) is 65.5 cm³/mol. The minimum absolute atomic E-state index is 0.400. The molecule has 0 aliphatic rings. The Morgan fingerprint density at radius 3 is 2.94 bits per heavy atom. The van der Waals surface area contributed by atoms with Gasteiger partial charge in [-0.3, -0.25) is 0 Å². The van der Waals surface area contributed by atoms with Gasteiger partial charge in [-0.05, 0) is 24.6 Å². The first-order valence-electron chi connectivity index (χ1n) is 4.63. The fourth-order valence-electron chi connectivity index (χ4n) is 1.20. The first kappa shape index (κ1) is 11.4. The molecule has 0 aliphatic carbocycles. The number of aromatic nitrogens is 2. The Morgan fingerprint density at radius 1 is 1.50 bits per heavy atom. The van der Waals surface area contributed by atoms with Crippen LogP contribution in [0.3, 0.4) is 0 Å². The number of anilines is 1. The van der Waals surface area contributed by atoms with Crippen LogP contribution in [0.5, 0.6) is 0 Å². The van der Waals surface area contributed by atoms with Gasteiger partial charge in [0.05, 0.1) is 0 Å². The Balaban J connectivity index is 2.04. The van der Waals surface area contributed by atoms with Crippen LogP contribution in [0.2, 0.25) is 5.02 Å². The van der Waals surface area contributed by atoms with Gasteiger partial charge in [0.25, 0.3) is 0 Å². The third kappa shape index (κ3) is 2.74. The molecule has 84 valence electrons. The second-order valence-corrected chi connectivity index (χ2v) is 4.56. The van der Waals surface area contributed by atoms with Crippen molar-refractivity contribution in [1.29, 1.82) is 0 Å². The van der Waals surface area contributed by atoms with Gasteiger partial charge >= 0.3 is 6.01 Å². The molecule has 1 heterocycles. The van der Waals surface area contributed by atoms with E-state index in [1.54, 1.807) is 6.92 Å². The van der Waals surface area contributed by atoms with Crippen LogP contribution in [0, 0.1) is 6.92 Å². The van der Waals surface area contributed by atoms with Crippen LogP contribution >= 0.6 is 27.5 Å². The summed E-state index contributed by atoms with van der Waals surface area (Å²) in [5.74, 6) is 0.601. The summed E-state index contributed by atoms with van der Waals surface area (Å²) in [5.41, 5.74) is 0.973. The van der Waals surface area contributed by atoms with Crippen LogP contribution in [-0.4, -0.2) is 10.1 Å². The lowest BCUT2D eigenvalue weighted by Crippen LogP contribution is -2.00. The number of nitrogens with one attached hydrogen (secondary N) is 1. The van der Waals surface area contributed by atoms with E-state index in [2.05, 4.69) is 31.4 Å². The van der Waals surface area contributed by atoms with Crippen molar-refractivity contribution >= 4 is 33.5 Å². The molecule has 1 aromatic heterocycles. The number of aryl methyl sites for hydroxylation is 1. The molecule has 4 nitrogen and oxygen atoms in total. The van der Waals surface area contributed by atoms with Crippen molar-refractivity contribution in [2.75, 3.05) is 5.32 Å². The molecule has 0 aliphatic heterocycles. The van der Waals surface area contributed by atoms with Crippen LogP contribution in [0.4, 0.5) is 6.01 Å². The zero-order valence-electron chi connectivity index (χ0n) is 8.50. The van der Waals surface area contributed by atoms with E-state index in [1.807, 2.05) is 18.2 Å². The van der Waals surface area contributed by atoms with Crippen molar-refractivity contribution in [2.45, 2.75) is 13.5 Å². The fourth-order valence-corrected chi connectivity index (χ4v) is 1.94. The minimum atomic E-state index is 0.400. The van der Waals surface area contributed by atoms with Gasteiger partial charge in [-0.1, -0.05) is 38.8 Å². The van der Waals surface area contributed by atoms with Crippen molar-refractivity contribution in [3.63, 3.8) is 0 Å². The molecular weight excluding hydrogens is 293 g/mol. The van der Waals surface area contributed by atoms with E-state index >= 15 is 0 Å². The highest BCUT2D eigenvalue weighted by atomic mass is 79.9. The maximum absolute atomic E-state index is 6.06.